The van der Waals surface area contributed by atoms with Crippen LogP contribution >= 0.6 is 0 Å². The fraction of sp³-hybridized carbons (Fsp3) is 0.308. The number of anilines is 1. The minimum Gasteiger partial charge on any atom is -0.364 e. The Morgan fingerprint density at radius 1 is 1.50 bits per heavy atom. The Morgan fingerprint density at radius 2 is 2.15 bits per heavy atom. The number of nitrogens with zero attached hydrogens (tertiary/aromatic N) is 2. The van der Waals surface area contributed by atoms with Gasteiger partial charge in [-0.2, -0.15) is 0 Å². The summed E-state index contributed by atoms with van der Waals surface area (Å²) in [7, 11) is 1.65. The van der Waals surface area contributed by atoms with Crippen LogP contribution in [0.3, 0.4) is 0 Å². The van der Waals surface area contributed by atoms with E-state index in [9.17, 15) is 14.4 Å². The predicted octanol–water partition coefficient (Wildman–Crippen LogP) is 0.0970. The lowest BCUT2D eigenvalue weighted by molar-refractivity contribution is -0.130. The summed E-state index contributed by atoms with van der Waals surface area (Å²) in [6.07, 6.45) is 2.73. The fourth-order valence-corrected chi connectivity index (χ4v) is 1.73. The van der Waals surface area contributed by atoms with Gasteiger partial charge in [0, 0.05) is 19.8 Å². The lowest BCUT2D eigenvalue weighted by Crippen LogP contribution is -2.36. The highest BCUT2D eigenvalue weighted by molar-refractivity contribution is 5.98. The molecule has 0 unspecified atom stereocenters. The van der Waals surface area contributed by atoms with Gasteiger partial charge in [0.15, 0.2) is 0 Å². The number of aromatic nitrogens is 1. The van der Waals surface area contributed by atoms with Crippen LogP contribution < -0.4 is 11.1 Å². The number of rotatable bonds is 6. The molecule has 1 heterocycles. The summed E-state index contributed by atoms with van der Waals surface area (Å²) < 4.78 is 1.52. The highest BCUT2D eigenvalue weighted by Gasteiger charge is 2.14. The molecule has 0 saturated carbocycles. The largest absolute Gasteiger partial charge is 0.364 e. The number of hydrogen-bond donors (Lipinski definition) is 2. The SMILES string of the molecule is C=CC(=O)N(CC)CC(=O)Nc1cc(C(N)=O)n(C)c1. The van der Waals surface area contributed by atoms with Gasteiger partial charge in [-0.25, -0.2) is 0 Å². The van der Waals surface area contributed by atoms with Crippen LogP contribution in [-0.4, -0.2) is 40.3 Å². The molecule has 1 rings (SSSR count). The third kappa shape index (κ3) is 3.71. The first kappa shape index (κ1) is 15.5. The van der Waals surface area contributed by atoms with E-state index in [2.05, 4.69) is 11.9 Å². The van der Waals surface area contributed by atoms with Crippen molar-refractivity contribution in [1.29, 1.82) is 0 Å². The van der Waals surface area contributed by atoms with E-state index in [4.69, 9.17) is 5.73 Å². The van der Waals surface area contributed by atoms with Crippen LogP contribution in [0.2, 0.25) is 0 Å². The smallest absolute Gasteiger partial charge is 0.265 e. The fourth-order valence-electron chi connectivity index (χ4n) is 1.73. The van der Waals surface area contributed by atoms with Crippen LogP contribution in [0.1, 0.15) is 17.4 Å². The second kappa shape index (κ2) is 6.55. The molecule has 3 N–H and O–H groups in total. The van der Waals surface area contributed by atoms with Gasteiger partial charge in [0.1, 0.15) is 12.2 Å². The summed E-state index contributed by atoms with van der Waals surface area (Å²) in [5.41, 5.74) is 5.92. The molecule has 1 aromatic rings. The monoisotopic (exact) mass is 278 g/mol. The number of nitrogens with one attached hydrogen (secondary N) is 1. The van der Waals surface area contributed by atoms with E-state index in [-0.39, 0.29) is 24.1 Å². The molecule has 0 aliphatic heterocycles. The average molecular weight is 278 g/mol. The first-order valence-electron chi connectivity index (χ1n) is 6.06. The maximum atomic E-state index is 11.8. The Labute approximate surface area is 117 Å². The summed E-state index contributed by atoms with van der Waals surface area (Å²) in [6.45, 7) is 5.46. The Morgan fingerprint density at radius 3 is 2.60 bits per heavy atom. The molecule has 0 atom stereocenters. The summed E-state index contributed by atoms with van der Waals surface area (Å²) in [4.78, 5) is 35.7. The molecule has 0 aromatic carbocycles. The van der Waals surface area contributed by atoms with E-state index in [0.29, 0.717) is 12.2 Å². The van der Waals surface area contributed by atoms with E-state index in [0.717, 1.165) is 6.08 Å². The molecule has 0 fully saturated rings. The van der Waals surface area contributed by atoms with Crippen molar-refractivity contribution in [1.82, 2.24) is 9.47 Å². The lowest BCUT2D eigenvalue weighted by atomic mass is 10.3. The number of aryl methyl sites for hydroxylation is 1. The van der Waals surface area contributed by atoms with Crippen molar-refractivity contribution in [2.24, 2.45) is 12.8 Å². The minimum absolute atomic E-state index is 0.0812. The van der Waals surface area contributed by atoms with E-state index >= 15 is 0 Å². The number of likely N-dealkylation sites (N-methyl/N-ethyl adjacent to an activating group) is 1. The van der Waals surface area contributed by atoms with Gasteiger partial charge in [-0.1, -0.05) is 6.58 Å². The maximum absolute atomic E-state index is 11.8. The van der Waals surface area contributed by atoms with Crippen molar-refractivity contribution in [3.63, 3.8) is 0 Å². The third-order valence-corrected chi connectivity index (χ3v) is 2.74. The van der Waals surface area contributed by atoms with Gasteiger partial charge in [-0.3, -0.25) is 14.4 Å². The van der Waals surface area contributed by atoms with Gasteiger partial charge in [0.2, 0.25) is 11.8 Å². The quantitative estimate of drug-likeness (QED) is 0.722. The molecule has 0 saturated heterocycles. The molecular weight excluding hydrogens is 260 g/mol. The highest BCUT2D eigenvalue weighted by atomic mass is 16.2. The van der Waals surface area contributed by atoms with Crippen molar-refractivity contribution < 1.29 is 14.4 Å². The number of hydrogen-bond acceptors (Lipinski definition) is 3. The van der Waals surface area contributed by atoms with Crippen LogP contribution in [-0.2, 0) is 16.6 Å². The number of nitrogens with two attached hydrogens (primary N) is 1. The van der Waals surface area contributed by atoms with Crippen molar-refractivity contribution in [3.8, 4) is 0 Å². The predicted molar refractivity (Wildman–Crippen MR) is 75.0 cm³/mol. The minimum atomic E-state index is -0.579. The topological polar surface area (TPSA) is 97.4 Å². The molecule has 0 spiro atoms. The second-order valence-corrected chi connectivity index (χ2v) is 4.19. The van der Waals surface area contributed by atoms with Gasteiger partial charge in [0.25, 0.3) is 5.91 Å². The molecule has 0 aliphatic carbocycles. The molecule has 1 aromatic heterocycles. The summed E-state index contributed by atoms with van der Waals surface area (Å²) in [5, 5.41) is 2.61. The maximum Gasteiger partial charge on any atom is 0.265 e. The standard InChI is InChI=1S/C13H18N4O3/c1-4-12(19)17(5-2)8-11(18)15-9-6-10(13(14)20)16(3)7-9/h4,6-7H,1,5,8H2,2-3H3,(H2,14,20)(H,15,18). The Balaban J connectivity index is 2.71. The average Bonchev–Trinajstić information content (AvgIpc) is 2.75. The van der Waals surface area contributed by atoms with Gasteiger partial charge in [0.05, 0.1) is 5.69 Å². The van der Waals surface area contributed by atoms with Gasteiger partial charge < -0.3 is 20.5 Å². The zero-order valence-corrected chi connectivity index (χ0v) is 11.5. The second-order valence-electron chi connectivity index (χ2n) is 4.19. The Bertz CT molecular complexity index is 548. The molecule has 0 bridgehead atoms. The Kier molecular flexibility index (Phi) is 5.08. The van der Waals surface area contributed by atoms with E-state index in [1.54, 1.807) is 20.2 Å². The van der Waals surface area contributed by atoms with Crippen LogP contribution in [0.4, 0.5) is 5.69 Å². The first-order chi connectivity index (χ1) is 9.38. The molecule has 0 aliphatic rings. The molecule has 108 valence electrons. The van der Waals surface area contributed by atoms with E-state index in [1.165, 1.54) is 15.5 Å². The van der Waals surface area contributed by atoms with Crippen LogP contribution in [0.15, 0.2) is 24.9 Å². The van der Waals surface area contributed by atoms with Crippen molar-refractivity contribution in [2.45, 2.75) is 6.92 Å². The molecule has 0 radical (unpaired) electrons. The van der Waals surface area contributed by atoms with Crippen LogP contribution in [0, 0.1) is 0 Å². The van der Waals surface area contributed by atoms with E-state index in [1.807, 2.05) is 0 Å². The molecule has 7 heteroatoms. The zero-order chi connectivity index (χ0) is 15.3. The first-order valence-corrected chi connectivity index (χ1v) is 6.06. The Hall–Kier alpha value is -2.57. The molecule has 20 heavy (non-hydrogen) atoms. The molecule has 7 nitrogen and oxygen atoms in total. The van der Waals surface area contributed by atoms with Crippen LogP contribution in [0.25, 0.3) is 0 Å². The summed E-state index contributed by atoms with van der Waals surface area (Å²) >= 11 is 0. The van der Waals surface area contributed by atoms with Crippen LogP contribution in [0.5, 0.6) is 0 Å². The van der Waals surface area contributed by atoms with Gasteiger partial charge >= 0.3 is 0 Å². The molecular formula is C13H18N4O3. The lowest BCUT2D eigenvalue weighted by Gasteiger charge is -2.18. The summed E-state index contributed by atoms with van der Waals surface area (Å²) in [6, 6.07) is 1.48. The zero-order valence-electron chi connectivity index (χ0n) is 11.5. The number of primary amides is 1. The molecule has 3 amide bonds. The number of carbonyl (C=O) groups excluding carboxylic acids is 3. The van der Waals surface area contributed by atoms with E-state index < -0.39 is 5.91 Å². The van der Waals surface area contributed by atoms with Crippen molar-refractivity contribution >= 4 is 23.4 Å². The number of carbonyl (C=O) groups is 3. The van der Waals surface area contributed by atoms with Crippen molar-refractivity contribution in [2.75, 3.05) is 18.4 Å². The third-order valence-electron chi connectivity index (χ3n) is 2.74. The normalized spacial score (nSPS) is 9.90. The van der Waals surface area contributed by atoms with Gasteiger partial charge in [-0.05, 0) is 19.1 Å². The van der Waals surface area contributed by atoms with Crippen molar-refractivity contribution in [3.05, 3.63) is 30.6 Å². The number of amides is 3. The van der Waals surface area contributed by atoms with Gasteiger partial charge in [-0.15, -0.1) is 0 Å². The summed E-state index contributed by atoms with van der Waals surface area (Å²) in [5.74, 6) is -1.25. The highest BCUT2D eigenvalue weighted by Crippen LogP contribution is 2.12.